The Bertz CT molecular complexity index is 1160. The average molecular weight is 452 g/mol. The van der Waals surface area contributed by atoms with Gasteiger partial charge in [0.2, 0.25) is 5.91 Å². The largest absolute Gasteiger partial charge is 0.422 e. The second-order valence-electron chi connectivity index (χ2n) is 8.59. The molecule has 0 atom stereocenters. The Kier molecular flexibility index (Phi) is 5.44. The SMILES string of the molecule is O=C1O/C(=C\c2ccc(F)c(C(=O)N3CC(C(=O)N4CCC(F)CC4)C3)c2)c2ccccc21. The maximum absolute atomic E-state index is 14.5. The van der Waals surface area contributed by atoms with Crippen LogP contribution >= 0.6 is 0 Å². The number of benzene rings is 2. The van der Waals surface area contributed by atoms with Gasteiger partial charge in [-0.15, -0.1) is 0 Å². The number of hydrogen-bond acceptors (Lipinski definition) is 4. The maximum atomic E-state index is 14.5. The third-order valence-corrected chi connectivity index (χ3v) is 6.39. The molecule has 33 heavy (non-hydrogen) atoms. The van der Waals surface area contributed by atoms with E-state index in [-0.39, 0.29) is 30.5 Å². The van der Waals surface area contributed by atoms with Crippen molar-refractivity contribution >= 4 is 29.6 Å². The molecule has 3 aliphatic heterocycles. The van der Waals surface area contributed by atoms with E-state index in [9.17, 15) is 23.2 Å². The zero-order valence-corrected chi connectivity index (χ0v) is 17.8. The number of halogens is 2. The number of nitrogens with zero attached hydrogens (tertiary/aromatic N) is 2. The number of ether oxygens (including phenoxy) is 1. The van der Waals surface area contributed by atoms with Crippen LogP contribution in [0.25, 0.3) is 11.8 Å². The number of amides is 2. The zero-order valence-electron chi connectivity index (χ0n) is 17.8. The van der Waals surface area contributed by atoms with Gasteiger partial charge in [0.15, 0.2) is 0 Å². The van der Waals surface area contributed by atoms with Gasteiger partial charge in [-0.05, 0) is 42.7 Å². The van der Waals surface area contributed by atoms with Gasteiger partial charge in [0, 0.05) is 31.7 Å². The lowest BCUT2D eigenvalue weighted by Gasteiger charge is -2.41. The Labute approximate surface area is 189 Å². The van der Waals surface area contributed by atoms with E-state index in [2.05, 4.69) is 0 Å². The molecule has 170 valence electrons. The summed E-state index contributed by atoms with van der Waals surface area (Å²) in [5, 5.41) is 0. The summed E-state index contributed by atoms with van der Waals surface area (Å²) in [5.41, 5.74) is 1.50. The summed E-state index contributed by atoms with van der Waals surface area (Å²) in [6, 6.07) is 11.1. The summed E-state index contributed by atoms with van der Waals surface area (Å²) in [7, 11) is 0. The highest BCUT2D eigenvalue weighted by Gasteiger charge is 2.39. The molecule has 3 aliphatic rings. The van der Waals surface area contributed by atoms with Crippen molar-refractivity contribution in [3.05, 3.63) is 70.5 Å². The Balaban J connectivity index is 1.28. The molecule has 2 amide bonds. The van der Waals surface area contributed by atoms with Gasteiger partial charge in [0.1, 0.15) is 17.7 Å². The molecule has 3 heterocycles. The molecule has 0 bridgehead atoms. The van der Waals surface area contributed by atoms with Crippen molar-refractivity contribution in [1.82, 2.24) is 9.80 Å². The van der Waals surface area contributed by atoms with Gasteiger partial charge in [0.25, 0.3) is 5.91 Å². The number of esters is 1. The lowest BCUT2D eigenvalue weighted by Crippen LogP contribution is -2.57. The molecule has 0 spiro atoms. The fraction of sp³-hybridized carbons (Fsp3) is 0.320. The van der Waals surface area contributed by atoms with Crippen molar-refractivity contribution in [2.75, 3.05) is 26.2 Å². The lowest BCUT2D eigenvalue weighted by atomic mass is 9.95. The monoisotopic (exact) mass is 452 g/mol. The molecule has 2 aromatic carbocycles. The van der Waals surface area contributed by atoms with E-state index < -0.39 is 23.9 Å². The number of cyclic esters (lactones) is 1. The van der Waals surface area contributed by atoms with Crippen molar-refractivity contribution in [1.29, 1.82) is 0 Å². The van der Waals surface area contributed by atoms with Crippen molar-refractivity contribution in [2.45, 2.75) is 19.0 Å². The molecule has 5 rings (SSSR count). The molecule has 2 fully saturated rings. The van der Waals surface area contributed by atoms with Crippen LogP contribution in [0, 0.1) is 11.7 Å². The number of alkyl halides is 1. The van der Waals surface area contributed by atoms with Gasteiger partial charge in [-0.25, -0.2) is 13.6 Å². The highest BCUT2D eigenvalue weighted by Crippen LogP contribution is 2.31. The topological polar surface area (TPSA) is 66.9 Å². The highest BCUT2D eigenvalue weighted by atomic mass is 19.1. The Hall–Kier alpha value is -3.55. The minimum absolute atomic E-state index is 0.0772. The van der Waals surface area contributed by atoms with E-state index in [1.54, 1.807) is 35.2 Å². The molecule has 0 aliphatic carbocycles. The minimum atomic E-state index is -0.861. The molecular formula is C25H22F2N2O4. The maximum Gasteiger partial charge on any atom is 0.344 e. The summed E-state index contributed by atoms with van der Waals surface area (Å²) in [6.45, 7) is 1.21. The van der Waals surface area contributed by atoms with E-state index in [0.717, 1.165) is 0 Å². The first-order chi connectivity index (χ1) is 15.9. The first-order valence-corrected chi connectivity index (χ1v) is 11.0. The predicted molar refractivity (Wildman–Crippen MR) is 116 cm³/mol. The number of likely N-dealkylation sites (tertiary alicyclic amines) is 2. The number of carbonyl (C=O) groups excluding carboxylic acids is 3. The van der Waals surface area contributed by atoms with Gasteiger partial charge in [-0.1, -0.05) is 24.3 Å². The molecule has 2 saturated heterocycles. The minimum Gasteiger partial charge on any atom is -0.422 e. The van der Waals surface area contributed by atoms with E-state index in [1.165, 1.54) is 23.1 Å². The third-order valence-electron chi connectivity index (χ3n) is 6.39. The van der Waals surface area contributed by atoms with Crippen LogP contribution in [0.5, 0.6) is 0 Å². The van der Waals surface area contributed by atoms with Gasteiger partial charge in [-0.3, -0.25) is 9.59 Å². The van der Waals surface area contributed by atoms with Crippen LogP contribution < -0.4 is 0 Å². The van der Waals surface area contributed by atoms with Crippen molar-refractivity contribution < 1.29 is 27.9 Å². The number of carbonyl (C=O) groups is 3. The zero-order chi connectivity index (χ0) is 23.1. The fourth-order valence-corrected chi connectivity index (χ4v) is 4.44. The summed E-state index contributed by atoms with van der Waals surface area (Å²) in [6.07, 6.45) is 1.42. The normalized spacial score (nSPS) is 19.9. The number of rotatable bonds is 3. The Morgan fingerprint density at radius 3 is 2.42 bits per heavy atom. The summed E-state index contributed by atoms with van der Waals surface area (Å²) in [4.78, 5) is 40.6. The second kappa shape index (κ2) is 8.42. The Morgan fingerprint density at radius 2 is 1.70 bits per heavy atom. The van der Waals surface area contributed by atoms with Crippen LogP contribution in [0.4, 0.5) is 8.78 Å². The van der Waals surface area contributed by atoms with E-state index in [0.29, 0.717) is 48.4 Å². The van der Waals surface area contributed by atoms with Crippen LogP contribution in [0.3, 0.4) is 0 Å². The fourth-order valence-electron chi connectivity index (χ4n) is 4.44. The average Bonchev–Trinajstić information content (AvgIpc) is 3.10. The summed E-state index contributed by atoms with van der Waals surface area (Å²) in [5.74, 6) is -1.69. The first-order valence-electron chi connectivity index (χ1n) is 11.0. The lowest BCUT2D eigenvalue weighted by molar-refractivity contribution is -0.141. The number of hydrogen-bond donors (Lipinski definition) is 0. The summed E-state index contributed by atoms with van der Waals surface area (Å²) >= 11 is 0. The number of fused-ring (bicyclic) bond motifs is 1. The van der Waals surface area contributed by atoms with Crippen molar-refractivity contribution in [3.8, 4) is 0 Å². The predicted octanol–water partition coefficient (Wildman–Crippen LogP) is 3.53. The van der Waals surface area contributed by atoms with Crippen LogP contribution in [-0.4, -0.2) is 59.9 Å². The standard InChI is InChI=1S/C25H22F2N2O4/c26-17-7-9-28(10-8-17)23(30)16-13-29(14-16)24(31)20-11-15(5-6-21(20)27)12-22-18-3-1-2-4-19(18)25(32)33-22/h1-6,11-12,16-17H,7-10,13-14H2/b22-12-. The van der Waals surface area contributed by atoms with Crippen molar-refractivity contribution in [3.63, 3.8) is 0 Å². The van der Waals surface area contributed by atoms with Gasteiger partial charge >= 0.3 is 5.97 Å². The molecule has 0 radical (unpaired) electrons. The molecule has 0 N–H and O–H groups in total. The summed E-state index contributed by atoms with van der Waals surface area (Å²) < 4.78 is 33.1. The van der Waals surface area contributed by atoms with Gasteiger partial charge in [-0.2, -0.15) is 0 Å². The smallest absolute Gasteiger partial charge is 0.344 e. The van der Waals surface area contributed by atoms with Gasteiger partial charge in [0.05, 0.1) is 17.0 Å². The van der Waals surface area contributed by atoms with Crippen molar-refractivity contribution in [2.24, 2.45) is 5.92 Å². The molecule has 0 saturated carbocycles. The van der Waals surface area contributed by atoms with Crippen LogP contribution in [0.1, 0.15) is 44.7 Å². The quantitative estimate of drug-likeness (QED) is 0.669. The first kappa shape index (κ1) is 21.3. The second-order valence-corrected chi connectivity index (χ2v) is 8.59. The molecule has 8 heteroatoms. The molecule has 6 nitrogen and oxygen atoms in total. The van der Waals surface area contributed by atoms with E-state index >= 15 is 0 Å². The molecule has 0 aromatic heterocycles. The Morgan fingerprint density at radius 1 is 1.00 bits per heavy atom. The third kappa shape index (κ3) is 4.01. The van der Waals surface area contributed by atoms with Crippen LogP contribution in [0.15, 0.2) is 42.5 Å². The van der Waals surface area contributed by atoms with E-state index in [1.807, 2.05) is 0 Å². The van der Waals surface area contributed by atoms with Crippen LogP contribution in [0.2, 0.25) is 0 Å². The molecular weight excluding hydrogens is 430 g/mol. The van der Waals surface area contributed by atoms with E-state index in [4.69, 9.17) is 4.74 Å². The molecule has 0 unspecified atom stereocenters. The van der Waals surface area contributed by atoms with Gasteiger partial charge < -0.3 is 14.5 Å². The number of piperidine rings is 1. The highest BCUT2D eigenvalue weighted by molar-refractivity contribution is 6.06. The van der Waals surface area contributed by atoms with Crippen LogP contribution in [-0.2, 0) is 9.53 Å². The molecule has 2 aromatic rings.